The first kappa shape index (κ1) is 19.8. The van der Waals surface area contributed by atoms with Gasteiger partial charge in [-0.3, -0.25) is 19.7 Å². The Bertz CT molecular complexity index is 862. The molecular weight excluding hydrogens is 369 g/mol. The van der Waals surface area contributed by atoms with Crippen LogP contribution in [0, 0.1) is 5.82 Å². The lowest BCUT2D eigenvalue weighted by atomic mass is 10.0. The number of carbonyl (C=O) groups excluding carboxylic acids is 4. The largest absolute Gasteiger partial charge is 0.444 e. The van der Waals surface area contributed by atoms with Gasteiger partial charge in [0.05, 0.1) is 6.54 Å². The fourth-order valence-corrected chi connectivity index (χ4v) is 3.26. The first-order valence-electron chi connectivity index (χ1n) is 8.98. The second kappa shape index (κ2) is 7.21. The van der Waals surface area contributed by atoms with Crippen LogP contribution in [-0.4, -0.2) is 40.4 Å². The Balaban J connectivity index is 1.73. The lowest BCUT2D eigenvalue weighted by Gasteiger charge is -2.29. The van der Waals surface area contributed by atoms with Crippen molar-refractivity contribution in [3.8, 4) is 0 Å². The van der Waals surface area contributed by atoms with Gasteiger partial charge in [0, 0.05) is 24.1 Å². The Kier molecular flexibility index (Phi) is 5.10. The summed E-state index contributed by atoms with van der Waals surface area (Å²) < 4.78 is 19.7. The van der Waals surface area contributed by atoms with Gasteiger partial charge in [-0.25, -0.2) is 9.18 Å². The Labute approximate surface area is 161 Å². The molecule has 0 aromatic heterocycles. The molecule has 0 aliphatic carbocycles. The van der Waals surface area contributed by atoms with E-state index in [1.165, 1.54) is 17.0 Å². The van der Waals surface area contributed by atoms with Gasteiger partial charge in [0.2, 0.25) is 11.8 Å². The molecule has 2 aliphatic rings. The highest BCUT2D eigenvalue weighted by Crippen LogP contribution is 2.30. The highest BCUT2D eigenvalue weighted by Gasteiger charge is 2.40. The molecule has 1 saturated heterocycles. The van der Waals surface area contributed by atoms with Crippen LogP contribution in [0.5, 0.6) is 0 Å². The third-order valence-electron chi connectivity index (χ3n) is 4.50. The number of ether oxygens (including phenoxy) is 1. The van der Waals surface area contributed by atoms with Crippen molar-refractivity contribution in [3.05, 3.63) is 34.6 Å². The van der Waals surface area contributed by atoms with E-state index in [2.05, 4.69) is 10.6 Å². The zero-order valence-corrected chi connectivity index (χ0v) is 15.9. The highest BCUT2D eigenvalue weighted by atomic mass is 19.1. The van der Waals surface area contributed by atoms with Crippen molar-refractivity contribution in [1.29, 1.82) is 0 Å². The topological polar surface area (TPSA) is 105 Å². The minimum atomic E-state index is -0.805. The smallest absolute Gasteiger partial charge is 0.407 e. The lowest BCUT2D eigenvalue weighted by molar-refractivity contribution is -0.136. The van der Waals surface area contributed by atoms with E-state index in [4.69, 9.17) is 4.74 Å². The normalized spacial score (nSPS) is 19.4. The molecule has 1 aromatic rings. The molecule has 150 valence electrons. The number of amides is 4. The van der Waals surface area contributed by atoms with Crippen LogP contribution >= 0.6 is 0 Å². The predicted molar refractivity (Wildman–Crippen MR) is 95.5 cm³/mol. The highest BCUT2D eigenvalue weighted by molar-refractivity contribution is 6.05. The van der Waals surface area contributed by atoms with Crippen LogP contribution in [0.25, 0.3) is 0 Å². The second-order valence-corrected chi connectivity index (χ2v) is 7.86. The van der Waals surface area contributed by atoms with E-state index in [-0.39, 0.29) is 43.0 Å². The van der Waals surface area contributed by atoms with Crippen LogP contribution in [0.4, 0.5) is 9.18 Å². The number of halogens is 1. The first-order valence-corrected chi connectivity index (χ1v) is 8.98. The molecule has 1 fully saturated rings. The first-order chi connectivity index (χ1) is 13.0. The lowest BCUT2D eigenvalue weighted by Crippen LogP contribution is -2.52. The van der Waals surface area contributed by atoms with Crippen LogP contribution < -0.4 is 10.6 Å². The Morgan fingerprint density at radius 3 is 2.68 bits per heavy atom. The van der Waals surface area contributed by atoms with E-state index in [1.807, 2.05) is 0 Å². The number of carbonyl (C=O) groups is 4. The van der Waals surface area contributed by atoms with E-state index in [0.29, 0.717) is 5.56 Å². The molecule has 28 heavy (non-hydrogen) atoms. The molecule has 0 radical (unpaired) electrons. The fraction of sp³-hybridized carbons (Fsp3) is 0.474. The summed E-state index contributed by atoms with van der Waals surface area (Å²) in [6.07, 6.45) is -0.312. The summed E-state index contributed by atoms with van der Waals surface area (Å²) in [6.45, 7) is 5.13. The van der Waals surface area contributed by atoms with Gasteiger partial charge in [0.15, 0.2) is 0 Å². The third kappa shape index (κ3) is 4.13. The molecule has 1 atom stereocenters. The van der Waals surface area contributed by atoms with Gasteiger partial charge in [-0.05, 0) is 44.9 Å². The summed E-state index contributed by atoms with van der Waals surface area (Å²) in [4.78, 5) is 49.1. The van der Waals surface area contributed by atoms with E-state index < -0.39 is 35.4 Å². The number of rotatable bonds is 3. The number of hydrogen-bond acceptors (Lipinski definition) is 5. The summed E-state index contributed by atoms with van der Waals surface area (Å²) in [5, 5.41) is 4.72. The summed E-state index contributed by atoms with van der Waals surface area (Å²) in [7, 11) is 0. The summed E-state index contributed by atoms with van der Waals surface area (Å²) in [5.74, 6) is -1.99. The van der Waals surface area contributed by atoms with Crippen molar-refractivity contribution in [2.75, 3.05) is 0 Å². The van der Waals surface area contributed by atoms with Gasteiger partial charge in [0.25, 0.3) is 5.91 Å². The molecule has 4 amide bonds. The van der Waals surface area contributed by atoms with Crippen molar-refractivity contribution in [3.63, 3.8) is 0 Å². The molecule has 8 nitrogen and oxygen atoms in total. The molecule has 3 rings (SSSR count). The van der Waals surface area contributed by atoms with Crippen molar-refractivity contribution in [2.24, 2.45) is 0 Å². The number of imide groups is 1. The minimum absolute atomic E-state index is 0.00912. The Hall–Kier alpha value is -2.97. The monoisotopic (exact) mass is 391 g/mol. The van der Waals surface area contributed by atoms with Crippen LogP contribution in [-0.2, 0) is 27.4 Å². The van der Waals surface area contributed by atoms with Crippen LogP contribution in [0.3, 0.4) is 0 Å². The van der Waals surface area contributed by atoms with Gasteiger partial charge in [-0.2, -0.15) is 0 Å². The van der Waals surface area contributed by atoms with Gasteiger partial charge in [-0.1, -0.05) is 0 Å². The SMILES string of the molecule is CC(C)(C)OC(=O)NCc1cc(F)c2c(c1)C(=O)N(C1CCC(=O)NC1=O)C2. The predicted octanol–water partition coefficient (Wildman–Crippen LogP) is 1.61. The fourth-order valence-electron chi connectivity index (χ4n) is 3.26. The van der Waals surface area contributed by atoms with E-state index in [1.54, 1.807) is 20.8 Å². The quantitative estimate of drug-likeness (QED) is 0.762. The van der Waals surface area contributed by atoms with Gasteiger partial charge in [0.1, 0.15) is 17.5 Å². The molecule has 9 heteroatoms. The number of fused-ring (bicyclic) bond motifs is 1. The number of piperidine rings is 1. The molecule has 2 aliphatic heterocycles. The van der Waals surface area contributed by atoms with Crippen LogP contribution in [0.1, 0.15) is 55.1 Å². The van der Waals surface area contributed by atoms with Crippen LogP contribution in [0.2, 0.25) is 0 Å². The standard InChI is InChI=1S/C19H22FN3O5/c1-19(2,3)28-18(27)21-8-10-6-11-12(13(20)7-10)9-23(17(11)26)14-4-5-15(24)22-16(14)25/h6-7,14H,4-5,8-9H2,1-3H3,(H,21,27)(H,22,24,25). The van der Waals surface area contributed by atoms with Crippen molar-refractivity contribution >= 4 is 23.8 Å². The maximum Gasteiger partial charge on any atom is 0.407 e. The Morgan fingerprint density at radius 2 is 2.04 bits per heavy atom. The average molecular weight is 391 g/mol. The van der Waals surface area contributed by atoms with Crippen LogP contribution in [0.15, 0.2) is 12.1 Å². The molecule has 0 saturated carbocycles. The molecule has 1 unspecified atom stereocenters. The molecule has 2 N–H and O–H groups in total. The number of alkyl carbamates (subject to hydrolysis) is 1. The number of nitrogens with zero attached hydrogens (tertiary/aromatic N) is 1. The van der Waals surface area contributed by atoms with E-state index in [0.717, 1.165) is 0 Å². The molecule has 0 spiro atoms. The van der Waals surface area contributed by atoms with Crippen molar-refractivity contribution in [2.45, 2.75) is 58.3 Å². The minimum Gasteiger partial charge on any atom is -0.444 e. The summed E-state index contributed by atoms with van der Waals surface area (Å²) >= 11 is 0. The van der Waals surface area contributed by atoms with Gasteiger partial charge >= 0.3 is 6.09 Å². The van der Waals surface area contributed by atoms with Crippen molar-refractivity contribution < 1.29 is 28.3 Å². The zero-order chi connectivity index (χ0) is 20.6. The second-order valence-electron chi connectivity index (χ2n) is 7.86. The third-order valence-corrected chi connectivity index (χ3v) is 4.50. The molecule has 0 bridgehead atoms. The summed E-state index contributed by atoms with van der Waals surface area (Å²) in [5.41, 5.74) is 0.105. The number of nitrogens with one attached hydrogen (secondary N) is 2. The van der Waals surface area contributed by atoms with E-state index in [9.17, 15) is 23.6 Å². The maximum atomic E-state index is 14.5. The number of benzene rings is 1. The summed E-state index contributed by atoms with van der Waals surface area (Å²) in [6, 6.07) is 1.95. The maximum absolute atomic E-state index is 14.5. The zero-order valence-electron chi connectivity index (χ0n) is 15.9. The molecule has 2 heterocycles. The van der Waals surface area contributed by atoms with Gasteiger partial charge < -0.3 is 15.0 Å². The van der Waals surface area contributed by atoms with Gasteiger partial charge in [-0.15, -0.1) is 0 Å². The molecule has 1 aromatic carbocycles. The van der Waals surface area contributed by atoms with E-state index >= 15 is 0 Å². The average Bonchev–Trinajstić information content (AvgIpc) is 2.89. The number of hydrogen-bond donors (Lipinski definition) is 2. The molecular formula is C19H22FN3O5. The Morgan fingerprint density at radius 1 is 1.32 bits per heavy atom. The van der Waals surface area contributed by atoms with Crippen molar-refractivity contribution in [1.82, 2.24) is 15.5 Å².